The molecule has 8 heteroatoms. The van der Waals surface area contributed by atoms with Gasteiger partial charge in [-0.1, -0.05) is 12.1 Å². The lowest BCUT2D eigenvalue weighted by Gasteiger charge is -2.13. The van der Waals surface area contributed by atoms with Gasteiger partial charge in [-0.3, -0.25) is 9.08 Å². The van der Waals surface area contributed by atoms with Crippen molar-refractivity contribution < 1.29 is 17.4 Å². The number of hydrogen-bond donors (Lipinski definition) is 0. The van der Waals surface area contributed by atoms with Crippen LogP contribution in [0.25, 0.3) is 22.3 Å². The van der Waals surface area contributed by atoms with Crippen molar-refractivity contribution in [3.63, 3.8) is 0 Å². The van der Waals surface area contributed by atoms with Crippen LogP contribution in [0.5, 0.6) is 5.75 Å². The highest BCUT2D eigenvalue weighted by Gasteiger charge is 2.19. The van der Waals surface area contributed by atoms with Crippen LogP contribution < -0.4 is 14.6 Å². The summed E-state index contributed by atoms with van der Waals surface area (Å²) in [6, 6.07) is 13.4. The maximum Gasteiger partial charge on any atom is 0.326 e. The van der Waals surface area contributed by atoms with Crippen LogP contribution in [0, 0.1) is 0 Å². The van der Waals surface area contributed by atoms with Gasteiger partial charge in [-0.15, -0.1) is 4.73 Å². The molecule has 0 fully saturated rings. The predicted octanol–water partition coefficient (Wildman–Crippen LogP) is 1.85. The summed E-state index contributed by atoms with van der Waals surface area (Å²) in [5.41, 5.74) is 0.385. The van der Waals surface area contributed by atoms with Crippen molar-refractivity contribution in [3.8, 4) is 17.1 Å². The monoisotopic (exact) mass is 360 g/mol. The topological polar surface area (TPSA) is 87.5 Å². The van der Waals surface area contributed by atoms with E-state index >= 15 is 0 Å². The molecular weight excluding hydrogens is 344 g/mol. The molecule has 3 rings (SSSR count). The number of rotatable bonds is 5. The fourth-order valence-corrected chi connectivity index (χ4v) is 2.75. The summed E-state index contributed by atoms with van der Waals surface area (Å²) in [5, 5.41) is 0.270. The van der Waals surface area contributed by atoms with E-state index in [0.717, 1.165) is 4.73 Å². The zero-order valence-corrected chi connectivity index (χ0v) is 14.5. The Kier molecular flexibility index (Phi) is 4.45. The van der Waals surface area contributed by atoms with Gasteiger partial charge < -0.3 is 4.74 Å². The first-order valence-electron chi connectivity index (χ1n) is 7.54. The van der Waals surface area contributed by atoms with Gasteiger partial charge in [0.05, 0.1) is 23.8 Å². The lowest BCUT2D eigenvalue weighted by Crippen LogP contribution is -2.33. The first kappa shape index (κ1) is 17.0. The number of aromatic nitrogens is 2. The molecule has 25 heavy (non-hydrogen) atoms. The molecule has 0 bridgehead atoms. The Morgan fingerprint density at radius 2 is 1.76 bits per heavy atom. The van der Waals surface area contributed by atoms with Crippen molar-refractivity contribution in [2.45, 2.75) is 6.92 Å². The van der Waals surface area contributed by atoms with Gasteiger partial charge in [0, 0.05) is 5.56 Å². The molecule has 0 aliphatic carbocycles. The fourth-order valence-electron chi connectivity index (χ4n) is 2.27. The number of methoxy groups -OCH3 is 1. The molecule has 0 unspecified atom stereocenters. The largest absolute Gasteiger partial charge is 0.497 e. The van der Waals surface area contributed by atoms with Crippen LogP contribution in [0.2, 0.25) is 0 Å². The third-order valence-corrected chi connectivity index (χ3v) is 4.71. The van der Waals surface area contributed by atoms with Gasteiger partial charge in [-0.2, -0.15) is 8.42 Å². The number of hydrogen-bond acceptors (Lipinski definition) is 6. The quantitative estimate of drug-likeness (QED) is 0.690. The SMILES string of the molecule is CCS(=O)(=O)On1c(-c2ccc(OC)cc2)nc2ccccc2c1=O. The molecule has 0 amide bonds. The van der Waals surface area contributed by atoms with E-state index in [2.05, 4.69) is 4.98 Å². The Balaban J connectivity index is 2.29. The highest BCUT2D eigenvalue weighted by atomic mass is 32.2. The minimum absolute atomic E-state index is 0.100. The maximum atomic E-state index is 12.7. The summed E-state index contributed by atoms with van der Waals surface area (Å²) < 4.78 is 34.7. The second-order valence-electron chi connectivity index (χ2n) is 5.20. The molecule has 0 aliphatic heterocycles. The van der Waals surface area contributed by atoms with E-state index in [4.69, 9.17) is 9.02 Å². The normalized spacial score (nSPS) is 11.4. The lowest BCUT2D eigenvalue weighted by atomic mass is 10.2. The van der Waals surface area contributed by atoms with E-state index < -0.39 is 15.7 Å². The summed E-state index contributed by atoms with van der Waals surface area (Å²) >= 11 is 0. The third kappa shape index (κ3) is 3.34. The number of nitrogens with zero attached hydrogens (tertiary/aromatic N) is 2. The average molecular weight is 360 g/mol. The Labute approximate surface area is 144 Å². The molecule has 1 aromatic heterocycles. The van der Waals surface area contributed by atoms with Crippen LogP contribution in [-0.4, -0.2) is 31.0 Å². The van der Waals surface area contributed by atoms with Gasteiger partial charge in [0.2, 0.25) is 0 Å². The Morgan fingerprint density at radius 3 is 2.40 bits per heavy atom. The van der Waals surface area contributed by atoms with Gasteiger partial charge in [-0.25, -0.2) is 4.98 Å². The van der Waals surface area contributed by atoms with E-state index in [1.165, 1.54) is 14.0 Å². The molecule has 0 aliphatic rings. The smallest absolute Gasteiger partial charge is 0.326 e. The van der Waals surface area contributed by atoms with Gasteiger partial charge in [0.25, 0.3) is 5.56 Å². The van der Waals surface area contributed by atoms with Crippen LogP contribution in [-0.2, 0) is 10.1 Å². The number of fused-ring (bicyclic) bond motifs is 1. The summed E-state index contributed by atoms with van der Waals surface area (Å²) in [5.74, 6) is 0.456. The van der Waals surface area contributed by atoms with Crippen molar-refractivity contribution in [2.24, 2.45) is 0 Å². The van der Waals surface area contributed by atoms with Crippen molar-refractivity contribution in [1.29, 1.82) is 0 Å². The highest BCUT2D eigenvalue weighted by Crippen LogP contribution is 2.21. The summed E-state index contributed by atoms with van der Waals surface area (Å²) in [6.45, 7) is 1.43. The Morgan fingerprint density at radius 1 is 1.08 bits per heavy atom. The molecule has 0 atom stereocenters. The van der Waals surface area contributed by atoms with E-state index in [1.54, 1.807) is 48.5 Å². The molecular formula is C17H16N2O5S. The van der Waals surface area contributed by atoms with Crippen molar-refractivity contribution in [2.75, 3.05) is 12.9 Å². The third-order valence-electron chi connectivity index (χ3n) is 3.63. The minimum Gasteiger partial charge on any atom is -0.497 e. The molecule has 3 aromatic rings. The average Bonchev–Trinajstić information content (AvgIpc) is 2.64. The van der Waals surface area contributed by atoms with Gasteiger partial charge in [-0.05, 0) is 43.3 Å². The zero-order chi connectivity index (χ0) is 18.0. The summed E-state index contributed by atoms with van der Waals surface area (Å²) in [6.07, 6.45) is 0. The molecule has 7 nitrogen and oxygen atoms in total. The van der Waals surface area contributed by atoms with Crippen molar-refractivity contribution >= 4 is 21.0 Å². The summed E-state index contributed by atoms with van der Waals surface area (Å²) in [7, 11) is -2.37. The molecule has 0 N–H and O–H groups in total. The van der Waals surface area contributed by atoms with Crippen molar-refractivity contribution in [1.82, 2.24) is 9.71 Å². The van der Waals surface area contributed by atoms with Crippen LogP contribution in [0.1, 0.15) is 6.92 Å². The van der Waals surface area contributed by atoms with Gasteiger partial charge >= 0.3 is 10.1 Å². The van der Waals surface area contributed by atoms with E-state index in [-0.39, 0.29) is 17.0 Å². The standard InChI is InChI=1S/C17H16N2O5S/c1-3-25(21,22)24-19-16(12-8-10-13(23-2)11-9-12)18-15-7-5-4-6-14(15)17(19)20/h4-11H,3H2,1-2H3. The molecule has 2 aromatic carbocycles. The summed E-state index contributed by atoms with van der Waals surface area (Å²) in [4.78, 5) is 17.2. The first-order valence-corrected chi connectivity index (χ1v) is 9.12. The molecule has 1 heterocycles. The predicted molar refractivity (Wildman–Crippen MR) is 94.0 cm³/mol. The fraction of sp³-hybridized carbons (Fsp3) is 0.176. The minimum atomic E-state index is -3.91. The zero-order valence-electron chi connectivity index (χ0n) is 13.7. The van der Waals surface area contributed by atoms with E-state index in [1.807, 2.05) is 0 Å². The van der Waals surface area contributed by atoms with Gasteiger partial charge in [0.15, 0.2) is 5.82 Å². The van der Waals surface area contributed by atoms with E-state index in [9.17, 15) is 13.2 Å². The highest BCUT2D eigenvalue weighted by molar-refractivity contribution is 7.86. The number of para-hydroxylation sites is 1. The lowest BCUT2D eigenvalue weighted by molar-refractivity contribution is 0.271. The molecule has 0 radical (unpaired) electrons. The molecule has 0 saturated heterocycles. The van der Waals surface area contributed by atoms with E-state index in [0.29, 0.717) is 16.8 Å². The van der Waals surface area contributed by atoms with Crippen molar-refractivity contribution in [3.05, 3.63) is 58.9 Å². The molecule has 130 valence electrons. The first-order chi connectivity index (χ1) is 11.9. The number of ether oxygens (including phenoxy) is 1. The Hall–Kier alpha value is -2.87. The second kappa shape index (κ2) is 6.56. The number of benzene rings is 2. The molecule has 0 saturated carbocycles. The second-order valence-corrected chi connectivity index (χ2v) is 7.04. The van der Waals surface area contributed by atoms with Crippen LogP contribution in [0.4, 0.5) is 0 Å². The van der Waals surface area contributed by atoms with Crippen LogP contribution >= 0.6 is 0 Å². The van der Waals surface area contributed by atoms with Crippen LogP contribution in [0.15, 0.2) is 53.3 Å². The maximum absolute atomic E-state index is 12.7. The van der Waals surface area contributed by atoms with Crippen LogP contribution in [0.3, 0.4) is 0 Å². The Bertz CT molecular complexity index is 1070. The molecule has 0 spiro atoms. The van der Waals surface area contributed by atoms with Gasteiger partial charge in [0.1, 0.15) is 5.75 Å².